The molecule has 0 bridgehead atoms. The number of nitrogen functional groups attached to an aromatic ring is 1. The second kappa shape index (κ2) is 8.70. The Morgan fingerprint density at radius 1 is 1.06 bits per heavy atom. The molecule has 0 fully saturated rings. The monoisotopic (exact) mass is 427 g/mol. The maximum Gasteiger partial charge on any atom is 0.187 e. The Bertz CT molecular complexity index is 1360. The van der Waals surface area contributed by atoms with Crippen LogP contribution in [0.3, 0.4) is 0 Å². The van der Waals surface area contributed by atoms with Gasteiger partial charge in [-0.25, -0.2) is 18.7 Å². The SMILES string of the molecule is N#Cc1cc(-c2ccncc2CC(=O)c2nc(-c3c(F)cccc3F)ccc2N)ccn1. The molecule has 8 heteroatoms. The summed E-state index contributed by atoms with van der Waals surface area (Å²) in [5.41, 5.74) is 7.81. The fraction of sp³-hybridized carbons (Fsp3) is 0.0417. The molecule has 3 heterocycles. The highest BCUT2D eigenvalue weighted by molar-refractivity contribution is 6.01. The van der Waals surface area contributed by atoms with E-state index in [0.29, 0.717) is 16.7 Å². The van der Waals surface area contributed by atoms with Crippen LogP contribution in [0, 0.1) is 23.0 Å². The predicted octanol–water partition coefficient (Wildman–Crippen LogP) is 4.36. The minimum absolute atomic E-state index is 0.0302. The van der Waals surface area contributed by atoms with Gasteiger partial charge in [0.25, 0.3) is 0 Å². The van der Waals surface area contributed by atoms with Crippen molar-refractivity contribution in [2.45, 2.75) is 6.42 Å². The van der Waals surface area contributed by atoms with Gasteiger partial charge in [0.15, 0.2) is 5.78 Å². The van der Waals surface area contributed by atoms with Crippen LogP contribution >= 0.6 is 0 Å². The summed E-state index contributed by atoms with van der Waals surface area (Å²) >= 11 is 0. The highest BCUT2D eigenvalue weighted by atomic mass is 19.1. The lowest BCUT2D eigenvalue weighted by Gasteiger charge is -2.11. The summed E-state index contributed by atoms with van der Waals surface area (Å²) in [6.07, 6.45) is 4.51. The Morgan fingerprint density at radius 3 is 2.59 bits per heavy atom. The zero-order chi connectivity index (χ0) is 22.7. The lowest BCUT2D eigenvalue weighted by atomic mass is 9.97. The van der Waals surface area contributed by atoms with E-state index in [4.69, 9.17) is 11.0 Å². The molecule has 1 aromatic carbocycles. The molecular weight excluding hydrogens is 412 g/mol. The number of anilines is 1. The molecule has 0 radical (unpaired) electrons. The number of pyridine rings is 3. The minimum Gasteiger partial charge on any atom is -0.397 e. The van der Waals surface area contributed by atoms with Crippen LogP contribution in [-0.4, -0.2) is 20.7 Å². The lowest BCUT2D eigenvalue weighted by Crippen LogP contribution is -2.11. The van der Waals surface area contributed by atoms with Crippen molar-refractivity contribution in [3.63, 3.8) is 0 Å². The number of carbonyl (C=O) groups is 1. The Hall–Kier alpha value is -4.51. The van der Waals surface area contributed by atoms with E-state index in [1.807, 2.05) is 6.07 Å². The summed E-state index contributed by atoms with van der Waals surface area (Å²) in [5.74, 6) is -2.02. The van der Waals surface area contributed by atoms with Crippen molar-refractivity contribution in [3.05, 3.63) is 95.7 Å². The van der Waals surface area contributed by atoms with Gasteiger partial charge >= 0.3 is 0 Å². The molecule has 0 atom stereocenters. The molecule has 0 amide bonds. The van der Waals surface area contributed by atoms with E-state index in [2.05, 4.69) is 15.0 Å². The minimum atomic E-state index is -0.791. The third kappa shape index (κ3) is 4.04. The zero-order valence-electron chi connectivity index (χ0n) is 16.6. The number of hydrogen-bond acceptors (Lipinski definition) is 6. The van der Waals surface area contributed by atoms with Crippen molar-refractivity contribution in [2.24, 2.45) is 0 Å². The van der Waals surface area contributed by atoms with E-state index in [0.717, 1.165) is 12.1 Å². The lowest BCUT2D eigenvalue weighted by molar-refractivity contribution is 0.0989. The average molecular weight is 427 g/mol. The normalized spacial score (nSPS) is 10.5. The number of Topliss-reactive ketones (excluding diaryl/α,β-unsaturated/α-hetero) is 1. The Labute approximate surface area is 182 Å². The average Bonchev–Trinajstić information content (AvgIpc) is 2.80. The van der Waals surface area contributed by atoms with E-state index in [-0.39, 0.29) is 34.8 Å². The number of aromatic nitrogens is 3. The van der Waals surface area contributed by atoms with Crippen molar-refractivity contribution in [2.75, 3.05) is 5.73 Å². The summed E-state index contributed by atoms with van der Waals surface area (Å²) in [6, 6.07) is 13.3. The maximum absolute atomic E-state index is 14.2. The van der Waals surface area contributed by atoms with Crippen LogP contribution in [0.15, 0.2) is 67.1 Å². The van der Waals surface area contributed by atoms with Crippen LogP contribution in [0.25, 0.3) is 22.4 Å². The summed E-state index contributed by atoms with van der Waals surface area (Å²) in [6.45, 7) is 0. The van der Waals surface area contributed by atoms with Crippen molar-refractivity contribution in [1.82, 2.24) is 15.0 Å². The number of ketones is 1. The van der Waals surface area contributed by atoms with Gasteiger partial charge in [0.2, 0.25) is 0 Å². The topological polar surface area (TPSA) is 106 Å². The molecule has 0 aliphatic heterocycles. The van der Waals surface area contributed by atoms with Gasteiger partial charge in [-0.3, -0.25) is 9.78 Å². The van der Waals surface area contributed by atoms with Gasteiger partial charge in [-0.1, -0.05) is 6.07 Å². The molecule has 3 aromatic heterocycles. The molecule has 0 unspecified atom stereocenters. The molecule has 0 aliphatic rings. The fourth-order valence-corrected chi connectivity index (χ4v) is 3.34. The van der Waals surface area contributed by atoms with E-state index >= 15 is 0 Å². The Kier molecular flexibility index (Phi) is 5.64. The second-order valence-electron chi connectivity index (χ2n) is 6.91. The third-order valence-electron chi connectivity index (χ3n) is 4.85. The molecule has 0 saturated carbocycles. The van der Waals surface area contributed by atoms with E-state index < -0.39 is 17.4 Å². The van der Waals surface area contributed by atoms with Crippen LogP contribution in [0.4, 0.5) is 14.5 Å². The van der Waals surface area contributed by atoms with Gasteiger partial charge in [-0.2, -0.15) is 5.26 Å². The van der Waals surface area contributed by atoms with E-state index in [1.54, 1.807) is 24.4 Å². The summed E-state index contributed by atoms with van der Waals surface area (Å²) in [7, 11) is 0. The summed E-state index contributed by atoms with van der Waals surface area (Å²) in [5, 5.41) is 9.11. The van der Waals surface area contributed by atoms with Gasteiger partial charge in [-0.05, 0) is 59.2 Å². The molecule has 0 aliphatic carbocycles. The maximum atomic E-state index is 14.2. The molecule has 4 rings (SSSR count). The molecule has 0 spiro atoms. The predicted molar refractivity (Wildman–Crippen MR) is 114 cm³/mol. The molecule has 2 N–H and O–H groups in total. The Balaban J connectivity index is 1.71. The number of nitrogens with zero attached hydrogens (tertiary/aromatic N) is 4. The first kappa shape index (κ1) is 20.8. The van der Waals surface area contributed by atoms with Gasteiger partial charge in [0.1, 0.15) is 29.1 Å². The van der Waals surface area contributed by atoms with Gasteiger partial charge in [0, 0.05) is 25.0 Å². The highest BCUT2D eigenvalue weighted by Gasteiger charge is 2.19. The van der Waals surface area contributed by atoms with Gasteiger partial charge < -0.3 is 5.73 Å². The molecule has 156 valence electrons. The van der Waals surface area contributed by atoms with Crippen LogP contribution in [0.1, 0.15) is 21.7 Å². The first-order valence-electron chi connectivity index (χ1n) is 9.51. The van der Waals surface area contributed by atoms with Gasteiger partial charge in [-0.15, -0.1) is 0 Å². The smallest absolute Gasteiger partial charge is 0.187 e. The number of benzene rings is 1. The molecule has 4 aromatic rings. The number of carbonyl (C=O) groups excluding carboxylic acids is 1. The Morgan fingerprint density at radius 2 is 1.84 bits per heavy atom. The highest BCUT2D eigenvalue weighted by Crippen LogP contribution is 2.28. The number of halogens is 2. The zero-order valence-corrected chi connectivity index (χ0v) is 16.6. The first-order valence-corrected chi connectivity index (χ1v) is 9.51. The first-order chi connectivity index (χ1) is 15.5. The molecular formula is C24H15F2N5O. The summed E-state index contributed by atoms with van der Waals surface area (Å²) in [4.78, 5) is 25.3. The van der Waals surface area contributed by atoms with Crippen LogP contribution in [0.5, 0.6) is 0 Å². The number of nitrogens with two attached hydrogens (primary N) is 1. The quantitative estimate of drug-likeness (QED) is 0.474. The fourth-order valence-electron chi connectivity index (χ4n) is 3.34. The van der Waals surface area contributed by atoms with Crippen LogP contribution in [-0.2, 0) is 6.42 Å². The van der Waals surface area contributed by atoms with Crippen LogP contribution < -0.4 is 5.73 Å². The van der Waals surface area contributed by atoms with Crippen molar-refractivity contribution in [3.8, 4) is 28.5 Å². The van der Waals surface area contributed by atoms with Gasteiger partial charge in [0.05, 0.1) is 16.9 Å². The largest absolute Gasteiger partial charge is 0.397 e. The third-order valence-corrected chi connectivity index (χ3v) is 4.85. The van der Waals surface area contributed by atoms with E-state index in [1.165, 1.54) is 30.6 Å². The van der Waals surface area contributed by atoms with E-state index in [9.17, 15) is 13.6 Å². The molecule has 0 saturated heterocycles. The molecule has 32 heavy (non-hydrogen) atoms. The number of rotatable bonds is 5. The standard InChI is InChI=1S/C24H15F2N5O/c25-18-2-1-3-19(26)23(18)21-5-4-20(28)24(31-21)22(32)11-15-13-29-8-7-17(15)14-6-9-30-16(10-14)12-27/h1-10,13H,11,28H2. The second-order valence-corrected chi connectivity index (χ2v) is 6.91. The van der Waals surface area contributed by atoms with Crippen molar-refractivity contribution >= 4 is 11.5 Å². The molecule has 6 nitrogen and oxygen atoms in total. The number of hydrogen-bond donors (Lipinski definition) is 1. The van der Waals surface area contributed by atoms with Crippen LogP contribution in [0.2, 0.25) is 0 Å². The van der Waals surface area contributed by atoms with Crippen molar-refractivity contribution < 1.29 is 13.6 Å². The van der Waals surface area contributed by atoms with Crippen molar-refractivity contribution in [1.29, 1.82) is 5.26 Å². The summed E-state index contributed by atoms with van der Waals surface area (Å²) < 4.78 is 28.4. The number of nitriles is 1.